The van der Waals surface area contributed by atoms with Crippen molar-refractivity contribution in [3.05, 3.63) is 17.0 Å². The molecule has 2 fully saturated rings. The van der Waals surface area contributed by atoms with Crippen LogP contribution in [0.25, 0.3) is 0 Å². The van der Waals surface area contributed by atoms with Gasteiger partial charge in [0, 0.05) is 49.9 Å². The first kappa shape index (κ1) is 13.3. The zero-order valence-electron chi connectivity index (χ0n) is 12.8. The lowest BCUT2D eigenvalue weighted by atomic mass is 10.0. The van der Waals surface area contributed by atoms with Gasteiger partial charge in [-0.3, -0.25) is 14.8 Å². The average Bonchev–Trinajstić information content (AvgIpc) is 3.03. The number of amides is 1. The van der Waals surface area contributed by atoms with Crippen LogP contribution in [0.3, 0.4) is 0 Å². The summed E-state index contributed by atoms with van der Waals surface area (Å²) in [7, 11) is 0. The minimum Gasteiger partial charge on any atom is -0.335 e. The van der Waals surface area contributed by atoms with Crippen LogP contribution in [0.5, 0.6) is 0 Å². The Bertz CT molecular complexity index is 548. The number of fused-ring (bicyclic) bond motifs is 1. The first-order valence-electron chi connectivity index (χ1n) is 8.32. The van der Waals surface area contributed by atoms with Gasteiger partial charge in [-0.2, -0.15) is 5.10 Å². The molecule has 0 bridgehead atoms. The van der Waals surface area contributed by atoms with E-state index in [1.807, 2.05) is 4.90 Å². The van der Waals surface area contributed by atoms with Crippen LogP contribution in [-0.4, -0.2) is 51.6 Å². The van der Waals surface area contributed by atoms with E-state index < -0.39 is 0 Å². The number of aromatic amines is 1. The van der Waals surface area contributed by atoms with E-state index in [9.17, 15) is 4.79 Å². The van der Waals surface area contributed by atoms with Gasteiger partial charge in [0.05, 0.1) is 0 Å². The number of likely N-dealkylation sites (tertiary alicyclic amines) is 1. The largest absolute Gasteiger partial charge is 0.335 e. The van der Waals surface area contributed by atoms with Crippen molar-refractivity contribution in [3.8, 4) is 0 Å². The van der Waals surface area contributed by atoms with E-state index in [1.165, 1.54) is 25.1 Å². The average molecular weight is 288 g/mol. The van der Waals surface area contributed by atoms with E-state index in [4.69, 9.17) is 0 Å². The maximum atomic E-state index is 12.8. The molecule has 114 valence electrons. The maximum Gasteiger partial charge on any atom is 0.274 e. The molecular formula is C16H24N4O. The lowest BCUT2D eigenvalue weighted by Crippen LogP contribution is -2.36. The summed E-state index contributed by atoms with van der Waals surface area (Å²) in [6.07, 6.45) is 6.00. The summed E-state index contributed by atoms with van der Waals surface area (Å²) in [5.41, 5.74) is 3.02. The van der Waals surface area contributed by atoms with Gasteiger partial charge in [0.15, 0.2) is 5.69 Å². The third-order valence-electron chi connectivity index (χ3n) is 5.24. The molecule has 0 aromatic carbocycles. The molecule has 1 aliphatic carbocycles. The highest BCUT2D eigenvalue weighted by molar-refractivity contribution is 5.94. The summed E-state index contributed by atoms with van der Waals surface area (Å²) >= 11 is 0. The quantitative estimate of drug-likeness (QED) is 0.923. The summed E-state index contributed by atoms with van der Waals surface area (Å²) in [5, 5.41) is 7.47. The highest BCUT2D eigenvalue weighted by atomic mass is 16.2. The topological polar surface area (TPSA) is 52.2 Å². The Labute approximate surface area is 125 Å². The molecule has 5 nitrogen and oxygen atoms in total. The number of nitrogens with zero attached hydrogens (tertiary/aromatic N) is 3. The molecule has 0 radical (unpaired) electrons. The second-order valence-corrected chi connectivity index (χ2v) is 6.95. The Morgan fingerprint density at radius 2 is 2.19 bits per heavy atom. The van der Waals surface area contributed by atoms with Crippen LogP contribution < -0.4 is 0 Å². The van der Waals surface area contributed by atoms with Crippen molar-refractivity contribution in [1.29, 1.82) is 0 Å². The van der Waals surface area contributed by atoms with Gasteiger partial charge in [-0.15, -0.1) is 0 Å². The Morgan fingerprint density at radius 3 is 2.90 bits per heavy atom. The van der Waals surface area contributed by atoms with E-state index in [1.54, 1.807) is 0 Å². The number of hydrogen-bond donors (Lipinski definition) is 1. The summed E-state index contributed by atoms with van der Waals surface area (Å²) < 4.78 is 0. The molecule has 0 spiro atoms. The van der Waals surface area contributed by atoms with Crippen molar-refractivity contribution in [1.82, 2.24) is 20.0 Å². The SMILES string of the molecule is CC1CCCN1C(=O)c1n[nH]c2c1CN(CC1CC1)CC2. The first-order chi connectivity index (χ1) is 10.2. The predicted molar refractivity (Wildman–Crippen MR) is 80.0 cm³/mol. The van der Waals surface area contributed by atoms with Crippen LogP contribution in [0.15, 0.2) is 0 Å². The number of hydrogen-bond acceptors (Lipinski definition) is 3. The molecule has 1 amide bonds. The molecule has 1 aromatic rings. The van der Waals surface area contributed by atoms with Gasteiger partial charge in [-0.05, 0) is 38.5 Å². The minimum absolute atomic E-state index is 0.130. The number of aromatic nitrogens is 2. The third kappa shape index (κ3) is 2.48. The van der Waals surface area contributed by atoms with Crippen molar-refractivity contribution in [2.75, 3.05) is 19.6 Å². The molecule has 3 aliphatic rings. The van der Waals surface area contributed by atoms with Gasteiger partial charge in [-0.25, -0.2) is 0 Å². The molecule has 1 N–H and O–H groups in total. The standard InChI is InChI=1S/C16H24N4O/c1-11-3-2-7-20(11)16(21)15-13-10-19(9-12-4-5-12)8-6-14(13)17-18-15/h11-12H,2-10H2,1H3,(H,17,18). The number of H-pyrrole nitrogens is 1. The van der Waals surface area contributed by atoms with Gasteiger partial charge in [0.1, 0.15) is 0 Å². The van der Waals surface area contributed by atoms with Gasteiger partial charge in [0.2, 0.25) is 0 Å². The van der Waals surface area contributed by atoms with Crippen molar-refractivity contribution < 1.29 is 4.79 Å². The molecule has 21 heavy (non-hydrogen) atoms. The molecular weight excluding hydrogens is 264 g/mol. The summed E-state index contributed by atoms with van der Waals surface area (Å²) in [5.74, 6) is 1.03. The zero-order valence-corrected chi connectivity index (χ0v) is 12.8. The van der Waals surface area contributed by atoms with E-state index in [0.29, 0.717) is 11.7 Å². The van der Waals surface area contributed by atoms with Crippen molar-refractivity contribution >= 4 is 5.91 Å². The van der Waals surface area contributed by atoms with Crippen LogP contribution in [0, 0.1) is 5.92 Å². The summed E-state index contributed by atoms with van der Waals surface area (Å²) in [6, 6.07) is 0.357. The van der Waals surface area contributed by atoms with E-state index in [2.05, 4.69) is 22.0 Å². The van der Waals surface area contributed by atoms with Crippen molar-refractivity contribution in [3.63, 3.8) is 0 Å². The van der Waals surface area contributed by atoms with E-state index in [0.717, 1.165) is 50.4 Å². The van der Waals surface area contributed by atoms with Gasteiger partial charge in [0.25, 0.3) is 5.91 Å². The van der Waals surface area contributed by atoms with Crippen molar-refractivity contribution in [2.24, 2.45) is 5.92 Å². The molecule has 5 heteroatoms. The molecule has 4 rings (SSSR count). The molecule has 1 atom stereocenters. The Balaban J connectivity index is 1.54. The van der Waals surface area contributed by atoms with Crippen LogP contribution in [0.4, 0.5) is 0 Å². The Kier molecular flexibility index (Phi) is 3.25. The minimum atomic E-state index is 0.130. The maximum absolute atomic E-state index is 12.8. The first-order valence-corrected chi connectivity index (χ1v) is 8.32. The number of carbonyl (C=O) groups is 1. The molecule has 1 aromatic heterocycles. The van der Waals surface area contributed by atoms with Gasteiger partial charge < -0.3 is 4.90 Å². The molecule has 3 heterocycles. The fourth-order valence-corrected chi connectivity index (χ4v) is 3.72. The highest BCUT2D eigenvalue weighted by Gasteiger charge is 2.33. The van der Waals surface area contributed by atoms with Gasteiger partial charge in [-0.1, -0.05) is 0 Å². The van der Waals surface area contributed by atoms with Crippen molar-refractivity contribution in [2.45, 2.75) is 51.6 Å². The number of rotatable bonds is 3. The molecule has 1 unspecified atom stereocenters. The zero-order chi connectivity index (χ0) is 14.4. The Hall–Kier alpha value is -1.36. The fourth-order valence-electron chi connectivity index (χ4n) is 3.72. The van der Waals surface area contributed by atoms with E-state index in [-0.39, 0.29) is 5.91 Å². The van der Waals surface area contributed by atoms with Crippen LogP contribution in [0.2, 0.25) is 0 Å². The summed E-state index contributed by atoms with van der Waals surface area (Å²) in [4.78, 5) is 17.3. The van der Waals surface area contributed by atoms with Crippen LogP contribution in [0.1, 0.15) is 54.4 Å². The third-order valence-corrected chi connectivity index (χ3v) is 5.24. The van der Waals surface area contributed by atoms with Crippen LogP contribution in [-0.2, 0) is 13.0 Å². The molecule has 1 saturated heterocycles. The molecule has 2 aliphatic heterocycles. The fraction of sp³-hybridized carbons (Fsp3) is 0.750. The lowest BCUT2D eigenvalue weighted by Gasteiger charge is -2.27. The van der Waals surface area contributed by atoms with Crippen LogP contribution >= 0.6 is 0 Å². The lowest BCUT2D eigenvalue weighted by molar-refractivity contribution is 0.0738. The monoisotopic (exact) mass is 288 g/mol. The highest BCUT2D eigenvalue weighted by Crippen LogP contribution is 2.32. The Morgan fingerprint density at radius 1 is 1.33 bits per heavy atom. The normalized spacial score (nSPS) is 26.1. The second kappa shape index (κ2) is 5.13. The smallest absolute Gasteiger partial charge is 0.274 e. The number of nitrogens with one attached hydrogen (secondary N) is 1. The number of carbonyl (C=O) groups excluding carboxylic acids is 1. The molecule has 1 saturated carbocycles. The summed E-state index contributed by atoms with van der Waals surface area (Å²) in [6.45, 7) is 6.21. The van der Waals surface area contributed by atoms with Gasteiger partial charge >= 0.3 is 0 Å². The van der Waals surface area contributed by atoms with E-state index >= 15 is 0 Å². The predicted octanol–water partition coefficient (Wildman–Crippen LogP) is 1.80. The second-order valence-electron chi connectivity index (χ2n) is 6.95.